The number of benzene rings is 1. The normalized spacial score (nSPS) is 25.2. The number of alkyl halides is 3. The van der Waals surface area contributed by atoms with E-state index in [9.17, 15) is 17.6 Å². The largest absolute Gasteiger partial charge is 0.393 e. The van der Waals surface area contributed by atoms with Crippen LogP contribution in [0.4, 0.5) is 17.6 Å². The Morgan fingerprint density at radius 2 is 1.94 bits per heavy atom. The molecule has 1 aliphatic rings. The van der Waals surface area contributed by atoms with Gasteiger partial charge in [0.05, 0.1) is 5.92 Å². The van der Waals surface area contributed by atoms with Crippen molar-refractivity contribution in [2.24, 2.45) is 5.92 Å². The van der Waals surface area contributed by atoms with Gasteiger partial charge < -0.3 is 5.32 Å². The van der Waals surface area contributed by atoms with Gasteiger partial charge in [0, 0.05) is 12.6 Å². The zero-order valence-corrected chi connectivity index (χ0v) is 10.0. The molecule has 1 aromatic rings. The van der Waals surface area contributed by atoms with Crippen LogP contribution in [0.25, 0.3) is 0 Å². The van der Waals surface area contributed by atoms with Gasteiger partial charge in [0.2, 0.25) is 0 Å². The summed E-state index contributed by atoms with van der Waals surface area (Å²) < 4.78 is 50.7. The molecule has 1 heterocycles. The molecule has 0 radical (unpaired) electrons. The van der Waals surface area contributed by atoms with E-state index in [4.69, 9.17) is 0 Å². The van der Waals surface area contributed by atoms with Crippen LogP contribution in [0.2, 0.25) is 0 Å². The third-order valence-electron chi connectivity index (χ3n) is 3.49. The average molecular weight is 261 g/mol. The van der Waals surface area contributed by atoms with Crippen molar-refractivity contribution >= 4 is 0 Å². The zero-order valence-electron chi connectivity index (χ0n) is 10.0. The van der Waals surface area contributed by atoms with Crippen molar-refractivity contribution in [2.45, 2.75) is 32.0 Å². The molecule has 1 aromatic carbocycles. The minimum atomic E-state index is -4.14. The topological polar surface area (TPSA) is 12.0 Å². The molecular weight excluding hydrogens is 246 g/mol. The first-order valence-electron chi connectivity index (χ1n) is 5.94. The first-order chi connectivity index (χ1) is 8.38. The van der Waals surface area contributed by atoms with Crippen LogP contribution in [0.5, 0.6) is 0 Å². The van der Waals surface area contributed by atoms with Gasteiger partial charge in [-0.1, -0.05) is 6.07 Å². The van der Waals surface area contributed by atoms with E-state index in [2.05, 4.69) is 5.32 Å². The minimum Gasteiger partial charge on any atom is -0.309 e. The Bertz CT molecular complexity index is 419. The fourth-order valence-corrected chi connectivity index (χ4v) is 2.39. The molecule has 2 unspecified atom stereocenters. The summed E-state index contributed by atoms with van der Waals surface area (Å²) in [5.74, 6) is -1.64. The molecule has 0 aromatic heterocycles. The molecule has 0 spiro atoms. The molecule has 5 heteroatoms. The zero-order chi connectivity index (χ0) is 13.3. The van der Waals surface area contributed by atoms with Crippen LogP contribution in [0, 0.1) is 18.7 Å². The van der Waals surface area contributed by atoms with Crippen molar-refractivity contribution < 1.29 is 17.6 Å². The predicted molar refractivity (Wildman–Crippen MR) is 60.7 cm³/mol. The van der Waals surface area contributed by atoms with E-state index in [0.717, 1.165) is 11.1 Å². The molecule has 2 atom stereocenters. The molecule has 0 bridgehead atoms. The van der Waals surface area contributed by atoms with E-state index in [1.165, 1.54) is 12.1 Å². The second kappa shape index (κ2) is 4.88. The predicted octanol–water partition coefficient (Wildman–Crippen LogP) is 3.74. The minimum absolute atomic E-state index is 0.0931. The Balaban J connectivity index is 2.08. The number of hydrogen-bond acceptors (Lipinski definition) is 1. The summed E-state index contributed by atoms with van der Waals surface area (Å²) >= 11 is 0. The van der Waals surface area contributed by atoms with Crippen molar-refractivity contribution in [3.8, 4) is 0 Å². The molecule has 2 rings (SSSR count). The van der Waals surface area contributed by atoms with Crippen LogP contribution < -0.4 is 5.32 Å². The van der Waals surface area contributed by atoms with Crippen molar-refractivity contribution in [3.63, 3.8) is 0 Å². The molecule has 1 saturated heterocycles. The van der Waals surface area contributed by atoms with E-state index in [1.807, 2.05) is 6.92 Å². The summed E-state index contributed by atoms with van der Waals surface area (Å²) in [6, 6.07) is 4.24. The van der Waals surface area contributed by atoms with Gasteiger partial charge in [0.25, 0.3) is 0 Å². The van der Waals surface area contributed by atoms with Crippen LogP contribution in [-0.2, 0) is 0 Å². The van der Waals surface area contributed by atoms with Crippen molar-refractivity contribution in [1.82, 2.24) is 5.32 Å². The number of halogens is 4. The van der Waals surface area contributed by atoms with Crippen molar-refractivity contribution in [3.05, 3.63) is 35.1 Å². The lowest BCUT2D eigenvalue weighted by Crippen LogP contribution is -2.40. The van der Waals surface area contributed by atoms with Gasteiger partial charge >= 0.3 is 6.18 Å². The summed E-state index contributed by atoms with van der Waals surface area (Å²) in [6.07, 6.45) is -3.67. The van der Waals surface area contributed by atoms with Crippen LogP contribution in [-0.4, -0.2) is 12.7 Å². The molecule has 100 valence electrons. The van der Waals surface area contributed by atoms with Crippen LogP contribution in [0.3, 0.4) is 0 Å². The number of piperidine rings is 1. The maximum absolute atomic E-state index is 13.2. The fraction of sp³-hybridized carbons (Fsp3) is 0.538. The molecule has 1 fully saturated rings. The van der Waals surface area contributed by atoms with Crippen molar-refractivity contribution in [1.29, 1.82) is 0 Å². The molecule has 0 aliphatic carbocycles. The number of nitrogens with one attached hydrogen (secondary N) is 1. The van der Waals surface area contributed by atoms with Crippen LogP contribution in [0.15, 0.2) is 18.2 Å². The standard InChI is InChI=1S/C13H15F4N/c1-8-2-4-10(14)6-11(8)12-5-3-9(7-18-12)13(15,16)17/h2,4,6,9,12,18H,3,5,7H2,1H3. The Kier molecular flexibility index (Phi) is 3.61. The maximum Gasteiger partial charge on any atom is 0.393 e. The number of aryl methyl sites for hydroxylation is 1. The molecule has 1 N–H and O–H groups in total. The Hall–Kier alpha value is -1.10. The average Bonchev–Trinajstić information content (AvgIpc) is 2.31. The van der Waals surface area contributed by atoms with E-state index < -0.39 is 12.1 Å². The molecule has 1 nitrogen and oxygen atoms in total. The second-order valence-electron chi connectivity index (χ2n) is 4.78. The van der Waals surface area contributed by atoms with Crippen LogP contribution >= 0.6 is 0 Å². The van der Waals surface area contributed by atoms with Gasteiger partial charge in [-0.2, -0.15) is 13.2 Å². The summed E-state index contributed by atoms with van der Waals surface area (Å²) in [7, 11) is 0. The van der Waals surface area contributed by atoms with Crippen molar-refractivity contribution in [2.75, 3.05) is 6.54 Å². The Morgan fingerprint density at radius 1 is 1.22 bits per heavy atom. The third kappa shape index (κ3) is 2.83. The summed E-state index contributed by atoms with van der Waals surface area (Å²) in [5.41, 5.74) is 1.66. The highest BCUT2D eigenvalue weighted by atomic mass is 19.4. The van der Waals surface area contributed by atoms with E-state index in [1.54, 1.807) is 6.07 Å². The lowest BCUT2D eigenvalue weighted by atomic mass is 9.89. The molecule has 0 saturated carbocycles. The van der Waals surface area contributed by atoms with E-state index in [0.29, 0.717) is 6.42 Å². The molecule has 18 heavy (non-hydrogen) atoms. The van der Waals surface area contributed by atoms with E-state index in [-0.39, 0.29) is 24.8 Å². The first-order valence-corrected chi connectivity index (χ1v) is 5.94. The molecule has 1 aliphatic heterocycles. The Labute approximate surface area is 103 Å². The lowest BCUT2D eigenvalue weighted by Gasteiger charge is -2.32. The van der Waals surface area contributed by atoms with Crippen LogP contribution in [0.1, 0.15) is 30.0 Å². The Morgan fingerprint density at radius 3 is 2.50 bits per heavy atom. The fourth-order valence-electron chi connectivity index (χ4n) is 2.39. The quantitative estimate of drug-likeness (QED) is 0.759. The smallest absolute Gasteiger partial charge is 0.309 e. The highest BCUT2D eigenvalue weighted by Crippen LogP contribution is 2.36. The maximum atomic E-state index is 13.2. The number of rotatable bonds is 1. The summed E-state index contributed by atoms with van der Waals surface area (Å²) in [4.78, 5) is 0. The van der Waals surface area contributed by atoms with E-state index >= 15 is 0 Å². The van der Waals surface area contributed by atoms with Gasteiger partial charge in [-0.15, -0.1) is 0 Å². The summed E-state index contributed by atoms with van der Waals surface area (Å²) in [6.45, 7) is 1.75. The van der Waals surface area contributed by atoms with Gasteiger partial charge in [-0.25, -0.2) is 4.39 Å². The van der Waals surface area contributed by atoms with Gasteiger partial charge in [-0.3, -0.25) is 0 Å². The number of hydrogen-bond donors (Lipinski definition) is 1. The van der Waals surface area contributed by atoms with Gasteiger partial charge in [-0.05, 0) is 43.0 Å². The van der Waals surface area contributed by atoms with Gasteiger partial charge in [0.15, 0.2) is 0 Å². The highest BCUT2D eigenvalue weighted by molar-refractivity contribution is 5.29. The first kappa shape index (κ1) is 13.3. The van der Waals surface area contributed by atoms with Gasteiger partial charge in [0.1, 0.15) is 5.82 Å². The SMILES string of the molecule is Cc1ccc(F)cc1C1CCC(C(F)(F)F)CN1. The lowest BCUT2D eigenvalue weighted by molar-refractivity contribution is -0.179. The third-order valence-corrected chi connectivity index (χ3v) is 3.49. The molecular formula is C13H15F4N. The molecule has 0 amide bonds. The monoisotopic (exact) mass is 261 g/mol. The summed E-state index contributed by atoms with van der Waals surface area (Å²) in [5, 5.41) is 2.87. The second-order valence-corrected chi connectivity index (χ2v) is 4.78. The highest BCUT2D eigenvalue weighted by Gasteiger charge is 2.41.